The van der Waals surface area contributed by atoms with Gasteiger partial charge in [-0.15, -0.1) is 0 Å². The van der Waals surface area contributed by atoms with Crippen molar-refractivity contribution < 1.29 is 22.5 Å². The van der Waals surface area contributed by atoms with E-state index in [2.05, 4.69) is 20.1 Å². The number of alkyl halides is 3. The van der Waals surface area contributed by atoms with Crippen molar-refractivity contribution in [3.63, 3.8) is 0 Å². The number of nitrogens with zero attached hydrogens (tertiary/aromatic N) is 6. The molecule has 3 heterocycles. The van der Waals surface area contributed by atoms with Crippen LogP contribution >= 0.6 is 0 Å². The molecule has 0 atom stereocenters. The third-order valence-corrected chi connectivity index (χ3v) is 5.11. The Morgan fingerprint density at radius 2 is 1.94 bits per heavy atom. The highest BCUT2D eigenvalue weighted by molar-refractivity contribution is 5.76. The summed E-state index contributed by atoms with van der Waals surface area (Å²) in [5.41, 5.74) is -0.512. The van der Waals surface area contributed by atoms with E-state index in [9.17, 15) is 18.0 Å². The SMILES string of the molecule is O=C(CCn1cccn1)N1CCN(Cc2nc(-c3cccc(C(F)(F)F)c3)no2)CC1. The Morgan fingerprint density at radius 1 is 1.13 bits per heavy atom. The number of aromatic nitrogens is 4. The maximum atomic E-state index is 12.9. The standard InChI is InChI=1S/C20H21F3N6O2/c21-20(22,23)16-4-1-3-15(13-16)19-25-17(31-26-19)14-27-9-11-28(12-10-27)18(30)5-8-29-7-2-6-24-29/h1-4,6-7,13H,5,8-12,14H2. The highest BCUT2D eigenvalue weighted by Crippen LogP contribution is 2.31. The Bertz CT molecular complexity index is 1010. The number of benzene rings is 1. The fourth-order valence-corrected chi connectivity index (χ4v) is 3.42. The van der Waals surface area contributed by atoms with E-state index in [4.69, 9.17) is 4.52 Å². The maximum absolute atomic E-state index is 12.9. The number of carbonyl (C=O) groups excluding carboxylic acids is 1. The van der Waals surface area contributed by atoms with Gasteiger partial charge in [-0.25, -0.2) is 0 Å². The van der Waals surface area contributed by atoms with Gasteiger partial charge in [-0.2, -0.15) is 23.3 Å². The van der Waals surface area contributed by atoms with Crippen molar-refractivity contribution in [2.75, 3.05) is 26.2 Å². The van der Waals surface area contributed by atoms with Crippen LogP contribution in [0.2, 0.25) is 0 Å². The average Bonchev–Trinajstić information content (AvgIpc) is 3.44. The van der Waals surface area contributed by atoms with Crippen LogP contribution < -0.4 is 0 Å². The van der Waals surface area contributed by atoms with Crippen LogP contribution in [0.15, 0.2) is 47.2 Å². The highest BCUT2D eigenvalue weighted by Gasteiger charge is 2.31. The van der Waals surface area contributed by atoms with Crippen molar-refractivity contribution >= 4 is 5.91 Å². The van der Waals surface area contributed by atoms with Crippen molar-refractivity contribution in [3.8, 4) is 11.4 Å². The van der Waals surface area contributed by atoms with Crippen molar-refractivity contribution in [3.05, 3.63) is 54.2 Å². The molecule has 4 rings (SSSR count). The lowest BCUT2D eigenvalue weighted by atomic mass is 10.1. The van der Waals surface area contributed by atoms with Crippen molar-refractivity contribution in [2.24, 2.45) is 0 Å². The van der Waals surface area contributed by atoms with Crippen LogP contribution in [0, 0.1) is 0 Å². The van der Waals surface area contributed by atoms with Gasteiger partial charge < -0.3 is 9.42 Å². The molecule has 1 aliphatic rings. The molecule has 0 aliphatic carbocycles. The topological polar surface area (TPSA) is 80.3 Å². The zero-order chi connectivity index (χ0) is 21.8. The quantitative estimate of drug-likeness (QED) is 0.594. The molecule has 31 heavy (non-hydrogen) atoms. The predicted molar refractivity (Wildman–Crippen MR) is 103 cm³/mol. The van der Waals surface area contributed by atoms with Gasteiger partial charge in [0.05, 0.1) is 12.1 Å². The van der Waals surface area contributed by atoms with Gasteiger partial charge in [0.25, 0.3) is 0 Å². The molecule has 1 fully saturated rings. The second kappa shape index (κ2) is 8.88. The Kier molecular flexibility index (Phi) is 6.03. The van der Waals surface area contributed by atoms with Crippen LogP contribution in [-0.4, -0.2) is 61.8 Å². The maximum Gasteiger partial charge on any atom is 0.416 e. The predicted octanol–water partition coefficient (Wildman–Crippen LogP) is 2.69. The van der Waals surface area contributed by atoms with Gasteiger partial charge in [-0.1, -0.05) is 17.3 Å². The van der Waals surface area contributed by atoms with Gasteiger partial charge in [-0.3, -0.25) is 14.4 Å². The van der Waals surface area contributed by atoms with Gasteiger partial charge in [-0.05, 0) is 18.2 Å². The van der Waals surface area contributed by atoms with Crippen LogP contribution in [0.4, 0.5) is 13.2 Å². The monoisotopic (exact) mass is 434 g/mol. The van der Waals surface area contributed by atoms with E-state index in [1.807, 2.05) is 17.2 Å². The first-order valence-corrected chi connectivity index (χ1v) is 9.86. The Morgan fingerprint density at radius 3 is 2.65 bits per heavy atom. The van der Waals surface area contributed by atoms with E-state index in [-0.39, 0.29) is 17.3 Å². The summed E-state index contributed by atoms with van der Waals surface area (Å²) in [6.45, 7) is 3.40. The van der Waals surface area contributed by atoms with Crippen LogP contribution in [-0.2, 0) is 24.1 Å². The number of carbonyl (C=O) groups is 1. The van der Waals surface area contributed by atoms with Gasteiger partial charge >= 0.3 is 6.18 Å². The summed E-state index contributed by atoms with van der Waals surface area (Å²) in [4.78, 5) is 20.5. The van der Waals surface area contributed by atoms with Crippen LogP contribution in [0.1, 0.15) is 17.9 Å². The number of amides is 1. The summed E-state index contributed by atoms with van der Waals surface area (Å²) in [6, 6.07) is 6.65. The van der Waals surface area contributed by atoms with Crippen LogP contribution in [0.5, 0.6) is 0 Å². The van der Waals surface area contributed by atoms with Crippen molar-refractivity contribution in [2.45, 2.75) is 25.7 Å². The summed E-state index contributed by atoms with van der Waals surface area (Å²) in [5.74, 6) is 0.527. The fraction of sp³-hybridized carbons (Fsp3) is 0.400. The number of hydrogen-bond acceptors (Lipinski definition) is 6. The van der Waals surface area contributed by atoms with Crippen molar-refractivity contribution in [1.29, 1.82) is 0 Å². The molecule has 3 aromatic rings. The lowest BCUT2D eigenvalue weighted by Gasteiger charge is -2.34. The van der Waals surface area contributed by atoms with E-state index in [0.717, 1.165) is 12.1 Å². The summed E-state index contributed by atoms with van der Waals surface area (Å²) in [6.07, 6.45) is -0.535. The molecule has 0 bridgehead atoms. The molecular weight excluding hydrogens is 413 g/mol. The average molecular weight is 434 g/mol. The van der Waals surface area contributed by atoms with E-state index in [1.165, 1.54) is 12.1 Å². The molecule has 0 spiro atoms. The zero-order valence-electron chi connectivity index (χ0n) is 16.6. The smallest absolute Gasteiger partial charge is 0.340 e. The zero-order valence-corrected chi connectivity index (χ0v) is 16.6. The first-order valence-electron chi connectivity index (χ1n) is 9.86. The molecule has 1 amide bonds. The highest BCUT2D eigenvalue weighted by atomic mass is 19.4. The number of rotatable bonds is 6. The van der Waals surface area contributed by atoms with Gasteiger partial charge in [0.1, 0.15) is 0 Å². The first-order chi connectivity index (χ1) is 14.9. The van der Waals surface area contributed by atoms with Gasteiger partial charge in [0, 0.05) is 57.1 Å². The molecule has 164 valence electrons. The Hall–Kier alpha value is -3.21. The number of halogens is 3. The van der Waals surface area contributed by atoms with E-state index < -0.39 is 11.7 Å². The van der Waals surface area contributed by atoms with E-state index in [1.54, 1.807) is 10.9 Å². The molecule has 0 N–H and O–H groups in total. The summed E-state index contributed by atoms with van der Waals surface area (Å²) in [7, 11) is 0. The minimum absolute atomic E-state index is 0.0831. The third kappa shape index (κ3) is 5.29. The summed E-state index contributed by atoms with van der Waals surface area (Å²) < 4.78 is 45.7. The molecule has 0 radical (unpaired) electrons. The molecule has 0 unspecified atom stereocenters. The molecular formula is C20H21F3N6O2. The second-order valence-corrected chi connectivity index (χ2v) is 7.27. The first kappa shape index (κ1) is 21.0. The lowest BCUT2D eigenvalue weighted by molar-refractivity contribution is -0.137. The summed E-state index contributed by atoms with van der Waals surface area (Å²) in [5, 5.41) is 7.91. The van der Waals surface area contributed by atoms with Crippen LogP contribution in [0.3, 0.4) is 0 Å². The molecule has 1 saturated heterocycles. The summed E-state index contributed by atoms with van der Waals surface area (Å²) >= 11 is 0. The fourth-order valence-electron chi connectivity index (χ4n) is 3.42. The normalized spacial score (nSPS) is 15.4. The van der Waals surface area contributed by atoms with Crippen molar-refractivity contribution in [1.82, 2.24) is 29.7 Å². The van der Waals surface area contributed by atoms with Gasteiger partial charge in [0.2, 0.25) is 17.6 Å². The molecule has 8 nitrogen and oxygen atoms in total. The van der Waals surface area contributed by atoms with E-state index in [0.29, 0.717) is 51.6 Å². The minimum atomic E-state index is -4.43. The number of hydrogen-bond donors (Lipinski definition) is 0. The lowest BCUT2D eigenvalue weighted by Crippen LogP contribution is -2.48. The second-order valence-electron chi connectivity index (χ2n) is 7.27. The Labute approximate surface area is 176 Å². The van der Waals surface area contributed by atoms with Crippen LogP contribution in [0.25, 0.3) is 11.4 Å². The van der Waals surface area contributed by atoms with Gasteiger partial charge in [0.15, 0.2) is 0 Å². The largest absolute Gasteiger partial charge is 0.416 e. The molecule has 0 saturated carbocycles. The Balaban J connectivity index is 1.29. The minimum Gasteiger partial charge on any atom is -0.340 e. The molecule has 1 aliphatic heterocycles. The molecule has 2 aromatic heterocycles. The number of aryl methyl sites for hydroxylation is 1. The number of piperazine rings is 1. The van der Waals surface area contributed by atoms with E-state index >= 15 is 0 Å². The third-order valence-electron chi connectivity index (χ3n) is 5.11. The molecule has 11 heteroatoms. The molecule has 1 aromatic carbocycles.